The van der Waals surface area contributed by atoms with E-state index < -0.39 is 0 Å². The van der Waals surface area contributed by atoms with Crippen molar-refractivity contribution < 1.29 is 4.79 Å². The average Bonchev–Trinajstić information content (AvgIpc) is 2.68. The third-order valence-electron chi connectivity index (χ3n) is 5.74. The second-order valence-electron chi connectivity index (χ2n) is 7.13. The van der Waals surface area contributed by atoms with Crippen molar-refractivity contribution in [2.75, 3.05) is 18.0 Å². The lowest BCUT2D eigenvalue weighted by Gasteiger charge is -2.46. The van der Waals surface area contributed by atoms with E-state index in [9.17, 15) is 4.79 Å². The summed E-state index contributed by atoms with van der Waals surface area (Å²) in [7, 11) is 0. The third kappa shape index (κ3) is 3.51. The molecular weight excluding hydrogens is 344 g/mol. The standard InChI is InChI=1S/C22H26N2O.ClH/c1-2-22(25)24(18-9-4-3-5-10-18)19-13-15-23-14-12-17-8-6-7-11-20(17)21(23)16-19;/h3-11,19,21H,2,12-16H2,1H3;1H. The zero-order valence-corrected chi connectivity index (χ0v) is 16.1. The minimum absolute atomic E-state index is 0. The predicted octanol–water partition coefficient (Wildman–Crippen LogP) is 4.61. The zero-order valence-electron chi connectivity index (χ0n) is 15.3. The molecule has 0 spiro atoms. The molecule has 1 amide bonds. The summed E-state index contributed by atoms with van der Waals surface area (Å²) in [4.78, 5) is 17.4. The molecule has 2 unspecified atom stereocenters. The van der Waals surface area contributed by atoms with E-state index in [-0.39, 0.29) is 24.4 Å². The van der Waals surface area contributed by atoms with Crippen molar-refractivity contribution in [2.24, 2.45) is 0 Å². The maximum Gasteiger partial charge on any atom is 0.226 e. The molecule has 1 saturated heterocycles. The maximum atomic E-state index is 12.7. The lowest BCUT2D eigenvalue weighted by Crippen LogP contribution is -2.50. The first-order valence-corrected chi connectivity index (χ1v) is 9.47. The molecule has 0 bridgehead atoms. The van der Waals surface area contributed by atoms with Crippen LogP contribution in [0.25, 0.3) is 0 Å². The van der Waals surface area contributed by atoms with Gasteiger partial charge in [-0.2, -0.15) is 0 Å². The van der Waals surface area contributed by atoms with Gasteiger partial charge in [0.25, 0.3) is 0 Å². The molecule has 0 aliphatic carbocycles. The van der Waals surface area contributed by atoms with Gasteiger partial charge in [0.15, 0.2) is 0 Å². The van der Waals surface area contributed by atoms with Gasteiger partial charge in [-0.25, -0.2) is 0 Å². The number of fused-ring (bicyclic) bond motifs is 3. The fourth-order valence-electron chi connectivity index (χ4n) is 4.49. The van der Waals surface area contributed by atoms with Crippen molar-refractivity contribution in [3.63, 3.8) is 0 Å². The Morgan fingerprint density at radius 2 is 1.81 bits per heavy atom. The molecule has 2 aliphatic heterocycles. The number of piperidine rings is 1. The van der Waals surface area contributed by atoms with E-state index in [0.29, 0.717) is 12.5 Å². The number of carbonyl (C=O) groups excluding carboxylic acids is 1. The van der Waals surface area contributed by atoms with Gasteiger partial charge in [0.1, 0.15) is 0 Å². The Morgan fingerprint density at radius 1 is 1.08 bits per heavy atom. The highest BCUT2D eigenvalue weighted by molar-refractivity contribution is 5.93. The van der Waals surface area contributed by atoms with Crippen molar-refractivity contribution >= 4 is 24.0 Å². The van der Waals surface area contributed by atoms with Crippen LogP contribution in [0, 0.1) is 0 Å². The first-order chi connectivity index (χ1) is 12.3. The Kier molecular flexibility index (Phi) is 6.00. The van der Waals surface area contributed by atoms with E-state index in [1.807, 2.05) is 25.1 Å². The number of hydrogen-bond donors (Lipinski definition) is 0. The van der Waals surface area contributed by atoms with Crippen LogP contribution < -0.4 is 4.90 Å². The highest BCUT2D eigenvalue weighted by atomic mass is 35.5. The molecule has 4 rings (SSSR count). The van der Waals surface area contributed by atoms with E-state index in [1.54, 1.807) is 0 Å². The van der Waals surface area contributed by atoms with Crippen LogP contribution in [0.5, 0.6) is 0 Å². The number of halogens is 1. The van der Waals surface area contributed by atoms with Gasteiger partial charge in [-0.15, -0.1) is 12.4 Å². The number of hydrogen-bond acceptors (Lipinski definition) is 2. The minimum atomic E-state index is 0. The molecule has 138 valence electrons. The summed E-state index contributed by atoms with van der Waals surface area (Å²) in [6.45, 7) is 4.18. The van der Waals surface area contributed by atoms with Crippen molar-refractivity contribution in [3.05, 3.63) is 65.7 Å². The second-order valence-corrected chi connectivity index (χ2v) is 7.13. The molecule has 2 atom stereocenters. The normalized spacial score (nSPS) is 21.9. The van der Waals surface area contributed by atoms with Crippen LogP contribution in [0.2, 0.25) is 0 Å². The van der Waals surface area contributed by atoms with Crippen molar-refractivity contribution in [3.8, 4) is 0 Å². The smallest absolute Gasteiger partial charge is 0.226 e. The summed E-state index contributed by atoms with van der Waals surface area (Å²) < 4.78 is 0. The number of para-hydroxylation sites is 1. The summed E-state index contributed by atoms with van der Waals surface area (Å²) in [5.74, 6) is 0.230. The summed E-state index contributed by atoms with van der Waals surface area (Å²) in [5, 5.41) is 0. The highest BCUT2D eigenvalue weighted by Crippen LogP contribution is 2.39. The number of nitrogens with zero attached hydrogens (tertiary/aromatic N) is 2. The van der Waals surface area contributed by atoms with Crippen LogP contribution >= 0.6 is 12.4 Å². The van der Waals surface area contributed by atoms with Gasteiger partial charge in [-0.1, -0.05) is 49.4 Å². The van der Waals surface area contributed by atoms with Gasteiger partial charge in [0.2, 0.25) is 5.91 Å². The molecule has 3 nitrogen and oxygen atoms in total. The molecule has 2 aromatic rings. The predicted molar refractivity (Wildman–Crippen MR) is 109 cm³/mol. The molecule has 26 heavy (non-hydrogen) atoms. The summed E-state index contributed by atoms with van der Waals surface area (Å²) in [5.41, 5.74) is 3.99. The fraction of sp³-hybridized carbons (Fsp3) is 0.409. The molecule has 2 aromatic carbocycles. The zero-order chi connectivity index (χ0) is 17.2. The average molecular weight is 371 g/mol. The molecule has 2 aliphatic rings. The minimum Gasteiger partial charge on any atom is -0.309 e. The Morgan fingerprint density at radius 3 is 2.58 bits per heavy atom. The van der Waals surface area contributed by atoms with Gasteiger partial charge in [0, 0.05) is 37.3 Å². The van der Waals surface area contributed by atoms with E-state index in [0.717, 1.165) is 38.0 Å². The van der Waals surface area contributed by atoms with E-state index in [2.05, 4.69) is 46.2 Å². The van der Waals surface area contributed by atoms with Gasteiger partial charge in [0.05, 0.1) is 0 Å². The molecule has 4 heteroatoms. The molecule has 2 heterocycles. The Labute approximate surface area is 162 Å². The van der Waals surface area contributed by atoms with Gasteiger partial charge >= 0.3 is 0 Å². The molecule has 0 radical (unpaired) electrons. The summed E-state index contributed by atoms with van der Waals surface area (Å²) >= 11 is 0. The molecule has 0 N–H and O–H groups in total. The van der Waals surface area contributed by atoms with Gasteiger partial charge in [-0.05, 0) is 42.5 Å². The fourth-order valence-corrected chi connectivity index (χ4v) is 4.49. The number of rotatable bonds is 3. The summed E-state index contributed by atoms with van der Waals surface area (Å²) in [6, 6.07) is 19.8. The molecule has 0 saturated carbocycles. The first kappa shape index (κ1) is 18.9. The van der Waals surface area contributed by atoms with Crippen molar-refractivity contribution in [1.29, 1.82) is 0 Å². The van der Waals surface area contributed by atoms with Crippen LogP contribution in [0.1, 0.15) is 43.4 Å². The SMILES string of the molecule is CCC(=O)N(c1ccccc1)C1CCN2CCc3ccccc3C2C1.Cl. The maximum absolute atomic E-state index is 12.7. The Balaban J connectivity index is 0.00000196. The largest absolute Gasteiger partial charge is 0.309 e. The van der Waals surface area contributed by atoms with Crippen LogP contribution in [-0.2, 0) is 11.2 Å². The van der Waals surface area contributed by atoms with E-state index in [4.69, 9.17) is 0 Å². The molecule has 1 fully saturated rings. The Hall–Kier alpha value is -1.84. The second kappa shape index (κ2) is 8.24. The summed E-state index contributed by atoms with van der Waals surface area (Å²) in [6.07, 6.45) is 3.78. The number of amides is 1. The van der Waals surface area contributed by atoms with Crippen molar-refractivity contribution in [1.82, 2.24) is 4.90 Å². The Bertz CT molecular complexity index is 749. The monoisotopic (exact) mass is 370 g/mol. The topological polar surface area (TPSA) is 23.6 Å². The van der Waals surface area contributed by atoms with Crippen molar-refractivity contribution in [2.45, 2.75) is 44.7 Å². The number of anilines is 1. The van der Waals surface area contributed by atoms with E-state index >= 15 is 0 Å². The van der Waals surface area contributed by atoms with Gasteiger partial charge < -0.3 is 4.90 Å². The highest BCUT2D eigenvalue weighted by Gasteiger charge is 2.37. The van der Waals surface area contributed by atoms with Crippen LogP contribution in [0.15, 0.2) is 54.6 Å². The van der Waals surface area contributed by atoms with Crippen LogP contribution in [0.4, 0.5) is 5.69 Å². The quantitative estimate of drug-likeness (QED) is 0.787. The van der Waals surface area contributed by atoms with Gasteiger partial charge in [-0.3, -0.25) is 9.69 Å². The lowest BCUT2D eigenvalue weighted by atomic mass is 9.84. The van der Waals surface area contributed by atoms with Crippen LogP contribution in [0.3, 0.4) is 0 Å². The first-order valence-electron chi connectivity index (χ1n) is 9.47. The lowest BCUT2D eigenvalue weighted by molar-refractivity contribution is -0.119. The molecule has 0 aromatic heterocycles. The molecular formula is C22H27ClN2O. The van der Waals surface area contributed by atoms with Crippen LogP contribution in [-0.4, -0.2) is 29.9 Å². The van der Waals surface area contributed by atoms with E-state index in [1.165, 1.54) is 11.1 Å². The number of benzene rings is 2. The third-order valence-corrected chi connectivity index (χ3v) is 5.74. The number of carbonyl (C=O) groups is 1.